The molecule has 6 nitrogen and oxygen atoms in total. The second-order valence-electron chi connectivity index (χ2n) is 6.60. The lowest BCUT2D eigenvalue weighted by atomic mass is 10.1. The average molecular weight is 498 g/mol. The molecule has 0 saturated carbocycles. The van der Waals surface area contributed by atoms with Gasteiger partial charge in [0, 0.05) is 21.4 Å². The van der Waals surface area contributed by atoms with Gasteiger partial charge in [-0.1, -0.05) is 46.3 Å². The van der Waals surface area contributed by atoms with Crippen LogP contribution in [0.1, 0.15) is 15.9 Å². The maximum atomic E-state index is 12.4. The van der Waals surface area contributed by atoms with Crippen molar-refractivity contribution in [2.24, 2.45) is 0 Å². The quantitative estimate of drug-likeness (QED) is 0.422. The largest absolute Gasteiger partial charge is 0.484 e. The molecule has 0 spiro atoms. The third kappa shape index (κ3) is 6.91. The van der Waals surface area contributed by atoms with E-state index in [1.165, 1.54) is 0 Å². The molecule has 3 N–H and O–H groups in total. The zero-order valence-corrected chi connectivity index (χ0v) is 19.0. The van der Waals surface area contributed by atoms with Crippen molar-refractivity contribution >= 4 is 56.4 Å². The van der Waals surface area contributed by atoms with Crippen molar-refractivity contribution in [1.82, 2.24) is 5.32 Å². The topological polar surface area (TPSA) is 79.5 Å². The van der Waals surface area contributed by atoms with Crippen LogP contribution in [0.5, 0.6) is 5.75 Å². The first kappa shape index (κ1) is 22.5. The van der Waals surface area contributed by atoms with Gasteiger partial charge < -0.3 is 15.4 Å². The Hall–Kier alpha value is -3.23. The molecule has 31 heavy (non-hydrogen) atoms. The number of hydrogen-bond donors (Lipinski definition) is 3. The van der Waals surface area contributed by atoms with Crippen LogP contribution in [0.15, 0.2) is 77.3 Å². The van der Waals surface area contributed by atoms with E-state index < -0.39 is 0 Å². The fraction of sp³-hybridized carbons (Fsp3) is 0.0870. The van der Waals surface area contributed by atoms with Crippen molar-refractivity contribution in [3.05, 3.63) is 88.4 Å². The van der Waals surface area contributed by atoms with E-state index in [2.05, 4.69) is 31.9 Å². The number of amides is 2. The number of hydrogen-bond acceptors (Lipinski definition) is 4. The standard InChI is InChI=1S/C23H20BrN3O3S/c1-15-10-11-16(12-20(15)24)22(29)27-23(31)26-18-7-5-6-17(13-18)25-21(28)14-30-19-8-3-2-4-9-19/h2-13H,14H2,1H3,(H,25,28)(H2,26,27,29,31). The van der Waals surface area contributed by atoms with E-state index >= 15 is 0 Å². The zero-order valence-electron chi connectivity index (χ0n) is 16.6. The number of para-hydroxylation sites is 1. The third-order valence-corrected chi connectivity index (χ3v) is 5.24. The van der Waals surface area contributed by atoms with E-state index in [0.29, 0.717) is 22.7 Å². The summed E-state index contributed by atoms with van der Waals surface area (Å²) in [4.78, 5) is 24.5. The molecule has 0 aliphatic rings. The van der Waals surface area contributed by atoms with E-state index in [1.807, 2.05) is 31.2 Å². The number of carbonyl (C=O) groups excluding carboxylic acids is 2. The zero-order chi connectivity index (χ0) is 22.2. The molecule has 2 amide bonds. The Morgan fingerprint density at radius 1 is 0.935 bits per heavy atom. The van der Waals surface area contributed by atoms with Gasteiger partial charge >= 0.3 is 0 Å². The van der Waals surface area contributed by atoms with E-state index in [4.69, 9.17) is 17.0 Å². The van der Waals surface area contributed by atoms with Crippen LogP contribution in [0.4, 0.5) is 11.4 Å². The number of benzene rings is 3. The maximum absolute atomic E-state index is 12.4. The second kappa shape index (κ2) is 10.7. The predicted octanol–water partition coefficient (Wildman–Crippen LogP) is 4.90. The Labute approximate surface area is 194 Å². The molecular formula is C23H20BrN3O3S. The van der Waals surface area contributed by atoms with Crippen LogP contribution in [0.25, 0.3) is 0 Å². The Kier molecular flexibility index (Phi) is 7.75. The Balaban J connectivity index is 1.53. The van der Waals surface area contributed by atoms with Crippen LogP contribution in [-0.4, -0.2) is 23.5 Å². The van der Waals surface area contributed by atoms with Gasteiger partial charge in [-0.15, -0.1) is 0 Å². The number of anilines is 2. The Bertz CT molecular complexity index is 1110. The molecule has 3 aromatic rings. The number of aryl methyl sites for hydroxylation is 1. The summed E-state index contributed by atoms with van der Waals surface area (Å²) in [6.07, 6.45) is 0. The van der Waals surface area contributed by atoms with Crippen LogP contribution < -0.4 is 20.7 Å². The van der Waals surface area contributed by atoms with Crippen molar-refractivity contribution in [3.8, 4) is 5.75 Å². The molecule has 3 aromatic carbocycles. The van der Waals surface area contributed by atoms with Crippen LogP contribution in [0.3, 0.4) is 0 Å². The molecule has 3 rings (SSSR count). The molecule has 0 aliphatic heterocycles. The highest BCUT2D eigenvalue weighted by atomic mass is 79.9. The lowest BCUT2D eigenvalue weighted by molar-refractivity contribution is -0.118. The summed E-state index contributed by atoms with van der Waals surface area (Å²) in [6.45, 7) is 1.83. The van der Waals surface area contributed by atoms with Crippen molar-refractivity contribution in [1.29, 1.82) is 0 Å². The van der Waals surface area contributed by atoms with Gasteiger partial charge in [0.05, 0.1) is 0 Å². The van der Waals surface area contributed by atoms with Crippen LogP contribution >= 0.6 is 28.1 Å². The highest BCUT2D eigenvalue weighted by molar-refractivity contribution is 9.10. The SMILES string of the molecule is Cc1ccc(C(=O)NC(=S)Nc2cccc(NC(=O)COc3ccccc3)c2)cc1Br. The van der Waals surface area contributed by atoms with Gasteiger partial charge in [0.25, 0.3) is 11.8 Å². The monoisotopic (exact) mass is 497 g/mol. The molecule has 8 heteroatoms. The molecule has 0 fully saturated rings. The van der Waals surface area contributed by atoms with Gasteiger partial charge in [0.1, 0.15) is 5.75 Å². The van der Waals surface area contributed by atoms with E-state index in [0.717, 1.165) is 10.0 Å². The number of nitrogens with one attached hydrogen (secondary N) is 3. The number of halogens is 1. The number of ether oxygens (including phenoxy) is 1. The normalized spacial score (nSPS) is 10.1. The maximum Gasteiger partial charge on any atom is 0.262 e. The van der Waals surface area contributed by atoms with Gasteiger partial charge in [-0.2, -0.15) is 0 Å². The summed E-state index contributed by atoms with van der Waals surface area (Å²) >= 11 is 8.65. The Morgan fingerprint density at radius 2 is 1.65 bits per heavy atom. The predicted molar refractivity (Wildman–Crippen MR) is 130 cm³/mol. The number of carbonyl (C=O) groups is 2. The summed E-state index contributed by atoms with van der Waals surface area (Å²) in [6, 6.07) is 21.4. The number of rotatable bonds is 6. The molecule has 0 aromatic heterocycles. The summed E-state index contributed by atoms with van der Waals surface area (Å²) < 4.78 is 6.28. The first-order chi connectivity index (χ1) is 14.9. The highest BCUT2D eigenvalue weighted by Crippen LogP contribution is 2.18. The lowest BCUT2D eigenvalue weighted by Crippen LogP contribution is -2.34. The Morgan fingerprint density at radius 3 is 2.35 bits per heavy atom. The number of thiocarbonyl (C=S) groups is 1. The van der Waals surface area contributed by atoms with Gasteiger partial charge in [0.2, 0.25) is 0 Å². The molecule has 0 aliphatic carbocycles. The summed E-state index contributed by atoms with van der Waals surface area (Å²) in [7, 11) is 0. The van der Waals surface area contributed by atoms with Crippen molar-refractivity contribution in [2.75, 3.05) is 17.2 Å². The third-order valence-electron chi connectivity index (χ3n) is 4.18. The molecule has 0 atom stereocenters. The highest BCUT2D eigenvalue weighted by Gasteiger charge is 2.10. The fourth-order valence-electron chi connectivity index (χ4n) is 2.61. The molecule has 158 valence electrons. The van der Waals surface area contributed by atoms with Gasteiger partial charge in [-0.05, 0) is 67.2 Å². The second-order valence-corrected chi connectivity index (χ2v) is 7.87. The summed E-state index contributed by atoms with van der Waals surface area (Å²) in [5, 5.41) is 8.50. The first-order valence-corrected chi connectivity index (χ1v) is 10.6. The minimum absolute atomic E-state index is 0.109. The van der Waals surface area contributed by atoms with Crippen molar-refractivity contribution < 1.29 is 14.3 Å². The van der Waals surface area contributed by atoms with E-state index in [-0.39, 0.29) is 23.5 Å². The van der Waals surface area contributed by atoms with Gasteiger partial charge in [0.15, 0.2) is 11.7 Å². The summed E-state index contributed by atoms with van der Waals surface area (Å²) in [5.74, 6) is 0.0114. The molecule has 0 saturated heterocycles. The molecular weight excluding hydrogens is 478 g/mol. The van der Waals surface area contributed by atoms with Gasteiger partial charge in [-0.25, -0.2) is 0 Å². The molecule has 0 heterocycles. The summed E-state index contributed by atoms with van der Waals surface area (Å²) in [5.41, 5.74) is 2.71. The smallest absolute Gasteiger partial charge is 0.262 e. The van der Waals surface area contributed by atoms with Crippen molar-refractivity contribution in [2.45, 2.75) is 6.92 Å². The lowest BCUT2D eigenvalue weighted by Gasteiger charge is -2.12. The van der Waals surface area contributed by atoms with Crippen LogP contribution in [0.2, 0.25) is 0 Å². The van der Waals surface area contributed by atoms with Crippen LogP contribution in [-0.2, 0) is 4.79 Å². The molecule has 0 bridgehead atoms. The van der Waals surface area contributed by atoms with E-state index in [9.17, 15) is 9.59 Å². The average Bonchev–Trinajstić information content (AvgIpc) is 2.75. The fourth-order valence-corrected chi connectivity index (χ4v) is 3.20. The van der Waals surface area contributed by atoms with E-state index in [1.54, 1.807) is 48.5 Å². The minimum Gasteiger partial charge on any atom is -0.484 e. The molecule has 0 unspecified atom stereocenters. The van der Waals surface area contributed by atoms with Gasteiger partial charge in [-0.3, -0.25) is 14.9 Å². The van der Waals surface area contributed by atoms with Crippen molar-refractivity contribution in [3.63, 3.8) is 0 Å². The van der Waals surface area contributed by atoms with Crippen LogP contribution in [0, 0.1) is 6.92 Å². The molecule has 0 radical (unpaired) electrons. The minimum atomic E-state index is -0.319. The first-order valence-electron chi connectivity index (χ1n) is 9.37.